The van der Waals surface area contributed by atoms with Crippen molar-refractivity contribution < 1.29 is 19.4 Å². The summed E-state index contributed by atoms with van der Waals surface area (Å²) in [5, 5.41) is 9.25. The Hall–Kier alpha value is -0.610. The fourth-order valence-electron chi connectivity index (χ4n) is 3.25. The third-order valence-corrected chi connectivity index (χ3v) is 4.31. The van der Waals surface area contributed by atoms with Crippen LogP contribution in [0.1, 0.15) is 51.4 Å². The summed E-state index contributed by atoms with van der Waals surface area (Å²) < 4.78 is 11.6. The maximum Gasteiger partial charge on any atom is 0.309 e. The molecule has 4 nitrogen and oxygen atoms in total. The van der Waals surface area contributed by atoms with E-state index in [4.69, 9.17) is 9.47 Å². The highest BCUT2D eigenvalue weighted by Crippen LogP contribution is 2.32. The molecule has 0 radical (unpaired) electrons. The van der Waals surface area contributed by atoms with Crippen LogP contribution in [-0.2, 0) is 14.3 Å². The van der Waals surface area contributed by atoms with E-state index < -0.39 is 5.97 Å². The molecule has 2 saturated carbocycles. The van der Waals surface area contributed by atoms with Gasteiger partial charge in [0.15, 0.2) is 0 Å². The molecule has 4 heteroatoms. The van der Waals surface area contributed by atoms with Crippen LogP contribution in [0.3, 0.4) is 0 Å². The Balaban J connectivity index is 1.94. The molecule has 0 aliphatic heterocycles. The Morgan fingerprint density at radius 1 is 0.944 bits per heavy atom. The van der Waals surface area contributed by atoms with E-state index in [1.54, 1.807) is 7.11 Å². The second kappa shape index (κ2) is 6.53. The van der Waals surface area contributed by atoms with Gasteiger partial charge in [0.2, 0.25) is 0 Å². The third kappa shape index (κ3) is 3.23. The Morgan fingerprint density at radius 3 is 2.11 bits per heavy atom. The van der Waals surface area contributed by atoms with Gasteiger partial charge in [0.05, 0.1) is 24.2 Å². The molecular formula is C14H24O4. The van der Waals surface area contributed by atoms with Crippen molar-refractivity contribution >= 4 is 5.97 Å². The summed E-state index contributed by atoms with van der Waals surface area (Å²) in [5.74, 6) is -1.03. The number of rotatable bonds is 4. The lowest BCUT2D eigenvalue weighted by Crippen LogP contribution is -2.42. The van der Waals surface area contributed by atoms with E-state index in [9.17, 15) is 9.90 Å². The van der Waals surface area contributed by atoms with Crippen LogP contribution in [0.15, 0.2) is 0 Å². The Morgan fingerprint density at radius 2 is 1.50 bits per heavy atom. The summed E-state index contributed by atoms with van der Waals surface area (Å²) in [4.78, 5) is 11.2. The molecule has 104 valence electrons. The van der Waals surface area contributed by atoms with Crippen LogP contribution >= 0.6 is 0 Å². The Labute approximate surface area is 109 Å². The van der Waals surface area contributed by atoms with Crippen molar-refractivity contribution in [2.45, 2.75) is 69.7 Å². The lowest BCUT2D eigenvalue weighted by molar-refractivity contribution is -0.161. The molecule has 0 saturated heterocycles. The van der Waals surface area contributed by atoms with Gasteiger partial charge in [0.25, 0.3) is 0 Å². The van der Waals surface area contributed by atoms with E-state index in [1.165, 1.54) is 6.42 Å². The third-order valence-electron chi connectivity index (χ3n) is 4.31. The minimum Gasteiger partial charge on any atom is -0.481 e. The summed E-state index contributed by atoms with van der Waals surface area (Å²) in [5.41, 5.74) is 0. The fourth-order valence-corrected chi connectivity index (χ4v) is 3.25. The number of ether oxygens (including phenoxy) is 2. The minimum absolute atomic E-state index is 0.0914. The smallest absolute Gasteiger partial charge is 0.309 e. The SMILES string of the molecule is COC1CCCCC1OC1CCCCC1C(=O)O. The van der Waals surface area contributed by atoms with Gasteiger partial charge in [-0.2, -0.15) is 0 Å². The van der Waals surface area contributed by atoms with Crippen LogP contribution in [0.25, 0.3) is 0 Å². The zero-order chi connectivity index (χ0) is 13.0. The van der Waals surface area contributed by atoms with Gasteiger partial charge in [-0.25, -0.2) is 0 Å². The van der Waals surface area contributed by atoms with Gasteiger partial charge in [-0.1, -0.05) is 25.7 Å². The number of carbonyl (C=O) groups is 1. The first-order valence-electron chi connectivity index (χ1n) is 7.13. The zero-order valence-electron chi connectivity index (χ0n) is 11.1. The van der Waals surface area contributed by atoms with Gasteiger partial charge in [-0.3, -0.25) is 4.79 Å². The number of carboxylic acid groups (broad SMARTS) is 1. The zero-order valence-corrected chi connectivity index (χ0v) is 11.1. The minimum atomic E-state index is -0.704. The maximum atomic E-state index is 11.2. The Bertz CT molecular complexity index is 279. The molecule has 0 heterocycles. The highest BCUT2D eigenvalue weighted by Gasteiger charge is 2.36. The van der Waals surface area contributed by atoms with E-state index in [0.717, 1.165) is 44.9 Å². The molecule has 2 rings (SSSR count). The average Bonchev–Trinajstić information content (AvgIpc) is 2.40. The normalized spacial score (nSPS) is 37.4. The van der Waals surface area contributed by atoms with Crippen molar-refractivity contribution in [2.75, 3.05) is 7.11 Å². The van der Waals surface area contributed by atoms with Crippen molar-refractivity contribution in [3.63, 3.8) is 0 Å². The molecule has 4 atom stereocenters. The average molecular weight is 256 g/mol. The lowest BCUT2D eigenvalue weighted by Gasteiger charge is -2.37. The largest absolute Gasteiger partial charge is 0.481 e. The van der Waals surface area contributed by atoms with E-state index in [2.05, 4.69) is 0 Å². The molecule has 0 aromatic heterocycles. The molecule has 1 N–H and O–H groups in total. The number of methoxy groups -OCH3 is 1. The second-order valence-corrected chi connectivity index (χ2v) is 5.50. The van der Waals surface area contributed by atoms with Crippen LogP contribution < -0.4 is 0 Å². The first kappa shape index (κ1) is 13.8. The number of aliphatic carboxylic acids is 1. The Kier molecular flexibility index (Phi) is 5.01. The molecule has 18 heavy (non-hydrogen) atoms. The molecule has 0 bridgehead atoms. The lowest BCUT2D eigenvalue weighted by atomic mass is 9.85. The summed E-state index contributed by atoms with van der Waals surface area (Å²) in [6.07, 6.45) is 8.23. The second-order valence-electron chi connectivity index (χ2n) is 5.50. The van der Waals surface area contributed by atoms with Crippen LogP contribution in [0.5, 0.6) is 0 Å². The summed E-state index contributed by atoms with van der Waals surface area (Å²) in [6.45, 7) is 0. The van der Waals surface area contributed by atoms with E-state index in [0.29, 0.717) is 0 Å². The molecule has 2 aliphatic rings. The van der Waals surface area contributed by atoms with E-state index >= 15 is 0 Å². The highest BCUT2D eigenvalue weighted by atomic mass is 16.5. The van der Waals surface area contributed by atoms with Gasteiger partial charge < -0.3 is 14.6 Å². The maximum absolute atomic E-state index is 11.2. The van der Waals surface area contributed by atoms with Gasteiger partial charge in [-0.15, -0.1) is 0 Å². The summed E-state index contributed by atoms with van der Waals surface area (Å²) in [7, 11) is 1.72. The number of carboxylic acids is 1. The highest BCUT2D eigenvalue weighted by molar-refractivity contribution is 5.70. The van der Waals surface area contributed by atoms with Crippen LogP contribution in [0.4, 0.5) is 0 Å². The van der Waals surface area contributed by atoms with Gasteiger partial charge >= 0.3 is 5.97 Å². The number of hydrogen-bond donors (Lipinski definition) is 1. The van der Waals surface area contributed by atoms with E-state index in [-0.39, 0.29) is 24.2 Å². The van der Waals surface area contributed by atoms with Crippen LogP contribution in [0.2, 0.25) is 0 Å². The van der Waals surface area contributed by atoms with Crippen LogP contribution in [-0.4, -0.2) is 36.5 Å². The van der Waals surface area contributed by atoms with Crippen LogP contribution in [0, 0.1) is 5.92 Å². The van der Waals surface area contributed by atoms with E-state index in [1.807, 2.05) is 0 Å². The van der Waals surface area contributed by atoms with Crippen molar-refractivity contribution in [1.82, 2.24) is 0 Å². The van der Waals surface area contributed by atoms with Crippen molar-refractivity contribution in [3.8, 4) is 0 Å². The monoisotopic (exact) mass is 256 g/mol. The summed E-state index contributed by atoms with van der Waals surface area (Å²) in [6, 6.07) is 0. The topological polar surface area (TPSA) is 55.8 Å². The van der Waals surface area contributed by atoms with Gasteiger partial charge in [0.1, 0.15) is 0 Å². The quantitative estimate of drug-likeness (QED) is 0.840. The molecule has 4 unspecified atom stereocenters. The predicted octanol–water partition coefficient (Wildman–Crippen LogP) is 2.60. The molecule has 0 amide bonds. The first-order valence-corrected chi connectivity index (χ1v) is 7.13. The molecule has 0 aromatic carbocycles. The summed E-state index contributed by atoms with van der Waals surface area (Å²) >= 11 is 0. The molecular weight excluding hydrogens is 232 g/mol. The van der Waals surface area contributed by atoms with Gasteiger partial charge in [0, 0.05) is 7.11 Å². The molecule has 0 spiro atoms. The molecule has 2 aliphatic carbocycles. The predicted molar refractivity (Wildman–Crippen MR) is 67.5 cm³/mol. The van der Waals surface area contributed by atoms with Crippen molar-refractivity contribution in [2.24, 2.45) is 5.92 Å². The molecule has 2 fully saturated rings. The van der Waals surface area contributed by atoms with Crippen molar-refractivity contribution in [3.05, 3.63) is 0 Å². The number of hydrogen-bond acceptors (Lipinski definition) is 3. The van der Waals surface area contributed by atoms with Crippen molar-refractivity contribution in [1.29, 1.82) is 0 Å². The first-order chi connectivity index (χ1) is 8.72. The standard InChI is InChI=1S/C14H24O4/c1-17-12-8-4-5-9-13(12)18-11-7-3-2-6-10(11)14(15)16/h10-13H,2-9H2,1H3,(H,15,16). The fraction of sp³-hybridized carbons (Fsp3) is 0.929. The van der Waals surface area contributed by atoms with Gasteiger partial charge in [-0.05, 0) is 25.7 Å². The molecule has 0 aromatic rings.